The van der Waals surface area contributed by atoms with Gasteiger partial charge in [-0.25, -0.2) is 5.32 Å². The van der Waals surface area contributed by atoms with E-state index in [0.717, 1.165) is 0 Å². The highest BCUT2D eigenvalue weighted by Crippen LogP contribution is 2.02. The first-order valence-corrected chi connectivity index (χ1v) is 4.05. The van der Waals surface area contributed by atoms with Crippen LogP contribution in [0.5, 0.6) is 0 Å². The molecule has 0 aliphatic carbocycles. The van der Waals surface area contributed by atoms with E-state index in [1.54, 1.807) is 5.32 Å². The van der Waals surface area contributed by atoms with E-state index in [1.807, 2.05) is 0 Å². The first-order chi connectivity index (χ1) is 6.07. The van der Waals surface area contributed by atoms with Gasteiger partial charge in [-0.2, -0.15) is 8.78 Å². The van der Waals surface area contributed by atoms with Crippen LogP contribution < -0.4 is 11.1 Å². The lowest BCUT2D eigenvalue weighted by atomic mass is 10.1. The predicted molar refractivity (Wildman–Crippen MR) is 43.5 cm³/mol. The van der Waals surface area contributed by atoms with Gasteiger partial charge >= 0.3 is 5.97 Å². The van der Waals surface area contributed by atoms with Gasteiger partial charge in [0.2, 0.25) is 0 Å². The number of halogens is 2. The maximum atomic E-state index is 11.8. The lowest BCUT2D eigenvalue weighted by molar-refractivity contribution is -0.141. The number of rotatable bonds is 7. The summed E-state index contributed by atoms with van der Waals surface area (Å²) < 4.78 is 23.5. The number of nitrogens with one attached hydrogen (secondary N) is 1. The molecule has 0 heterocycles. The summed E-state index contributed by atoms with van der Waals surface area (Å²) in [5.74, 6) is -1.25. The van der Waals surface area contributed by atoms with Crippen molar-refractivity contribution in [2.45, 2.75) is 31.9 Å². The van der Waals surface area contributed by atoms with Gasteiger partial charge in [0.1, 0.15) is 6.04 Å². The Bertz CT molecular complexity index is 155. The van der Waals surface area contributed by atoms with Crippen LogP contribution in [0, 0.1) is 0 Å². The van der Waals surface area contributed by atoms with Gasteiger partial charge in [0.25, 0.3) is 6.55 Å². The molecule has 0 amide bonds. The largest absolute Gasteiger partial charge is 0.480 e. The summed E-state index contributed by atoms with van der Waals surface area (Å²) in [5.41, 5.74) is 5.18. The fraction of sp³-hybridized carbons (Fsp3) is 0.857. The number of hydrogen-bond donors (Lipinski definition) is 3. The Morgan fingerprint density at radius 2 is 2.08 bits per heavy atom. The van der Waals surface area contributed by atoms with Crippen molar-refractivity contribution in [3.05, 3.63) is 0 Å². The van der Waals surface area contributed by atoms with Crippen LogP contribution in [0.15, 0.2) is 0 Å². The van der Waals surface area contributed by atoms with Crippen LogP contribution in [0.25, 0.3) is 0 Å². The Morgan fingerprint density at radius 1 is 1.46 bits per heavy atom. The molecule has 0 aromatic carbocycles. The second-order valence-corrected chi connectivity index (χ2v) is 2.64. The molecule has 4 nitrogen and oxygen atoms in total. The van der Waals surface area contributed by atoms with Crippen molar-refractivity contribution in [3.8, 4) is 0 Å². The summed E-state index contributed by atoms with van der Waals surface area (Å²) in [4.78, 5) is 10.4. The average Bonchev–Trinajstić information content (AvgIpc) is 2.02. The van der Waals surface area contributed by atoms with Crippen molar-refractivity contribution in [2.24, 2.45) is 5.73 Å². The van der Waals surface area contributed by atoms with E-state index in [4.69, 9.17) is 10.8 Å². The van der Waals surface area contributed by atoms with Crippen molar-refractivity contribution < 1.29 is 18.7 Å². The van der Waals surface area contributed by atoms with E-state index in [-0.39, 0.29) is 6.42 Å². The molecule has 0 fully saturated rings. The van der Waals surface area contributed by atoms with E-state index in [1.165, 1.54) is 0 Å². The lowest BCUT2D eigenvalue weighted by Crippen LogP contribution is -2.39. The second-order valence-electron chi connectivity index (χ2n) is 2.64. The molecule has 4 N–H and O–H groups in total. The molecule has 0 aromatic heterocycles. The van der Waals surface area contributed by atoms with Crippen molar-refractivity contribution in [1.29, 1.82) is 0 Å². The van der Waals surface area contributed by atoms with Gasteiger partial charge < -0.3 is 10.8 Å². The molecule has 1 unspecified atom stereocenters. The zero-order valence-electron chi connectivity index (χ0n) is 7.17. The maximum Gasteiger partial charge on any atom is 0.320 e. The molecule has 6 heteroatoms. The molecule has 13 heavy (non-hydrogen) atoms. The molecular formula is C7H14F2N2O2. The molecule has 0 saturated heterocycles. The summed E-state index contributed by atoms with van der Waals surface area (Å²) in [7, 11) is 0. The van der Waals surface area contributed by atoms with Gasteiger partial charge in [0.05, 0.1) is 0 Å². The van der Waals surface area contributed by atoms with Crippen LogP contribution in [-0.4, -0.2) is 30.2 Å². The van der Waals surface area contributed by atoms with Gasteiger partial charge in [0, 0.05) is 0 Å². The monoisotopic (exact) mass is 196 g/mol. The predicted octanol–water partition coefficient (Wildman–Crippen LogP) is 0.381. The zero-order chi connectivity index (χ0) is 10.3. The quantitative estimate of drug-likeness (QED) is 0.406. The van der Waals surface area contributed by atoms with Crippen LogP contribution in [0.1, 0.15) is 19.3 Å². The Hall–Kier alpha value is -0.750. The molecule has 0 radical (unpaired) electrons. The van der Waals surface area contributed by atoms with E-state index < -0.39 is 18.6 Å². The van der Waals surface area contributed by atoms with Crippen LogP contribution in [0.2, 0.25) is 0 Å². The molecule has 0 bridgehead atoms. The number of alkyl halides is 2. The highest BCUT2D eigenvalue weighted by atomic mass is 19.3. The van der Waals surface area contributed by atoms with E-state index in [2.05, 4.69) is 0 Å². The van der Waals surface area contributed by atoms with Crippen LogP contribution >= 0.6 is 0 Å². The zero-order valence-corrected chi connectivity index (χ0v) is 7.17. The van der Waals surface area contributed by atoms with Crippen LogP contribution in [-0.2, 0) is 4.79 Å². The Morgan fingerprint density at radius 3 is 2.46 bits per heavy atom. The maximum absolute atomic E-state index is 11.8. The molecule has 0 aromatic rings. The SMILES string of the molecule is NCCCCC(NC(F)F)C(=O)O. The number of carboxylic acid groups (broad SMARTS) is 1. The topological polar surface area (TPSA) is 75.3 Å². The number of carbonyl (C=O) groups is 1. The first-order valence-electron chi connectivity index (χ1n) is 4.05. The standard InChI is InChI=1S/C7H14F2N2O2/c8-7(9)11-5(6(12)13)3-1-2-4-10/h5,7,11H,1-4,10H2,(H,12,13). The van der Waals surface area contributed by atoms with Crippen molar-refractivity contribution in [1.82, 2.24) is 5.32 Å². The average molecular weight is 196 g/mol. The normalized spacial score (nSPS) is 13.2. The fourth-order valence-corrected chi connectivity index (χ4v) is 0.923. The highest BCUT2D eigenvalue weighted by Gasteiger charge is 2.19. The first kappa shape index (κ1) is 12.2. The number of unbranched alkanes of at least 4 members (excludes halogenated alkanes) is 1. The molecule has 0 rings (SSSR count). The smallest absolute Gasteiger partial charge is 0.320 e. The summed E-state index contributed by atoms with van der Waals surface area (Å²) in [5, 5.41) is 10.2. The molecule has 0 spiro atoms. The Kier molecular flexibility index (Phi) is 6.34. The lowest BCUT2D eigenvalue weighted by Gasteiger charge is -2.12. The number of hydrogen-bond acceptors (Lipinski definition) is 3. The Labute approximate surface area is 75.1 Å². The van der Waals surface area contributed by atoms with Gasteiger partial charge in [-0.3, -0.25) is 4.79 Å². The third-order valence-electron chi connectivity index (χ3n) is 1.57. The number of carboxylic acids is 1. The minimum absolute atomic E-state index is 0.177. The number of nitrogens with two attached hydrogens (primary N) is 1. The molecule has 0 aliphatic heterocycles. The van der Waals surface area contributed by atoms with Gasteiger partial charge in [-0.05, 0) is 19.4 Å². The van der Waals surface area contributed by atoms with E-state index in [0.29, 0.717) is 19.4 Å². The molecular weight excluding hydrogens is 182 g/mol. The summed E-state index contributed by atoms with van der Waals surface area (Å²) >= 11 is 0. The molecule has 0 aliphatic rings. The van der Waals surface area contributed by atoms with Crippen LogP contribution in [0.4, 0.5) is 8.78 Å². The number of aliphatic carboxylic acids is 1. The van der Waals surface area contributed by atoms with Gasteiger partial charge in [0.15, 0.2) is 0 Å². The third-order valence-corrected chi connectivity index (χ3v) is 1.57. The minimum Gasteiger partial charge on any atom is -0.480 e. The summed E-state index contributed by atoms with van der Waals surface area (Å²) in [6.45, 7) is -2.35. The van der Waals surface area contributed by atoms with Crippen molar-refractivity contribution in [3.63, 3.8) is 0 Å². The molecule has 0 saturated carbocycles. The van der Waals surface area contributed by atoms with Crippen molar-refractivity contribution >= 4 is 5.97 Å². The minimum atomic E-state index is -2.79. The van der Waals surface area contributed by atoms with Crippen LogP contribution in [0.3, 0.4) is 0 Å². The van der Waals surface area contributed by atoms with E-state index in [9.17, 15) is 13.6 Å². The Balaban J connectivity index is 3.74. The summed E-state index contributed by atoms with van der Waals surface area (Å²) in [6, 6.07) is -1.17. The van der Waals surface area contributed by atoms with Gasteiger partial charge in [-0.1, -0.05) is 6.42 Å². The molecule has 1 atom stereocenters. The fourth-order valence-electron chi connectivity index (χ4n) is 0.923. The second kappa shape index (κ2) is 6.73. The molecule has 78 valence electrons. The highest BCUT2D eigenvalue weighted by molar-refractivity contribution is 5.73. The van der Waals surface area contributed by atoms with Crippen molar-refractivity contribution in [2.75, 3.05) is 6.54 Å². The third kappa shape index (κ3) is 6.41. The summed E-state index contributed by atoms with van der Waals surface area (Å²) in [6.07, 6.45) is 1.36. The van der Waals surface area contributed by atoms with Gasteiger partial charge in [-0.15, -0.1) is 0 Å². The van der Waals surface area contributed by atoms with E-state index >= 15 is 0 Å².